The average Bonchev–Trinajstić information content (AvgIpc) is 3.35. The highest BCUT2D eigenvalue weighted by Crippen LogP contribution is 2.30. The molecule has 1 N–H and O–H groups in total. The fourth-order valence-electron chi connectivity index (χ4n) is 3.65. The number of para-hydroxylation sites is 1. The van der Waals surface area contributed by atoms with E-state index in [1.165, 1.54) is 0 Å². The summed E-state index contributed by atoms with van der Waals surface area (Å²) < 4.78 is 33.7. The molecule has 1 unspecified atom stereocenters. The number of carbonyl (C=O) groups excluding carboxylic acids is 1. The molecule has 0 saturated carbocycles. The molecule has 29 heavy (non-hydrogen) atoms. The molecule has 1 aromatic heterocycles. The van der Waals surface area contributed by atoms with Crippen LogP contribution in [0.3, 0.4) is 0 Å². The van der Waals surface area contributed by atoms with Gasteiger partial charge < -0.3 is 14.6 Å². The van der Waals surface area contributed by atoms with E-state index in [0.29, 0.717) is 17.4 Å². The van der Waals surface area contributed by atoms with Gasteiger partial charge in [0.25, 0.3) is 0 Å². The Morgan fingerprint density at radius 3 is 2.66 bits per heavy atom. The highest BCUT2D eigenvalue weighted by molar-refractivity contribution is 7.91. The molecule has 2 heterocycles. The largest absolute Gasteiger partial charge is 0.376 e. The lowest BCUT2D eigenvalue weighted by molar-refractivity contribution is -0.122. The Hall–Kier alpha value is -2.64. The average molecular weight is 413 g/mol. The summed E-state index contributed by atoms with van der Waals surface area (Å²) in [6, 6.07) is 14.0. The van der Waals surface area contributed by atoms with Crippen LogP contribution in [-0.4, -0.2) is 38.1 Å². The summed E-state index contributed by atoms with van der Waals surface area (Å²) in [5.41, 5.74) is 1.71. The Kier molecular flexibility index (Phi) is 5.43. The van der Waals surface area contributed by atoms with E-state index in [2.05, 4.69) is 5.32 Å². The van der Waals surface area contributed by atoms with Gasteiger partial charge >= 0.3 is 0 Å². The van der Waals surface area contributed by atoms with Gasteiger partial charge in [-0.25, -0.2) is 8.42 Å². The van der Waals surface area contributed by atoms with Crippen molar-refractivity contribution >= 4 is 26.6 Å². The molecule has 0 aliphatic carbocycles. The highest BCUT2D eigenvalue weighted by atomic mass is 32.2. The summed E-state index contributed by atoms with van der Waals surface area (Å²) in [6.07, 6.45) is 3.60. The molecule has 4 rings (SSSR count). The first-order valence-corrected chi connectivity index (χ1v) is 11.2. The first kappa shape index (κ1) is 19.7. The van der Waals surface area contributed by atoms with Gasteiger partial charge in [-0.05, 0) is 38.0 Å². The second kappa shape index (κ2) is 8.00. The zero-order valence-corrected chi connectivity index (χ0v) is 17.1. The molecule has 1 aliphatic rings. The van der Waals surface area contributed by atoms with Crippen LogP contribution in [0, 0.1) is 6.92 Å². The summed E-state index contributed by atoms with van der Waals surface area (Å²) in [6.45, 7) is 3.18. The second-order valence-corrected chi connectivity index (χ2v) is 9.31. The van der Waals surface area contributed by atoms with Crippen molar-refractivity contribution in [2.75, 3.05) is 13.2 Å². The first-order valence-electron chi connectivity index (χ1n) is 9.73. The van der Waals surface area contributed by atoms with Gasteiger partial charge in [0.15, 0.2) is 0 Å². The molecule has 6 nitrogen and oxygen atoms in total. The lowest BCUT2D eigenvalue weighted by Gasteiger charge is -2.11. The molecular formula is C22H24N2O4S. The quantitative estimate of drug-likeness (QED) is 0.675. The Balaban J connectivity index is 1.63. The minimum Gasteiger partial charge on any atom is -0.376 e. The number of amides is 1. The van der Waals surface area contributed by atoms with Gasteiger partial charge in [-0.3, -0.25) is 4.79 Å². The highest BCUT2D eigenvalue weighted by Gasteiger charge is 2.24. The number of hydrogen-bond acceptors (Lipinski definition) is 4. The number of ether oxygens (including phenoxy) is 1. The summed E-state index contributed by atoms with van der Waals surface area (Å²) in [5.74, 6) is -0.166. The summed E-state index contributed by atoms with van der Waals surface area (Å²) >= 11 is 0. The normalized spacial score (nSPS) is 16.9. The van der Waals surface area contributed by atoms with Crippen LogP contribution in [-0.2, 0) is 25.9 Å². The molecule has 1 aliphatic heterocycles. The topological polar surface area (TPSA) is 77.4 Å². The van der Waals surface area contributed by atoms with Crippen LogP contribution >= 0.6 is 0 Å². The van der Waals surface area contributed by atoms with Crippen LogP contribution in [0.25, 0.3) is 10.9 Å². The van der Waals surface area contributed by atoms with Crippen molar-refractivity contribution in [3.63, 3.8) is 0 Å². The lowest BCUT2D eigenvalue weighted by Crippen LogP contribution is -2.34. The maximum absolute atomic E-state index is 13.2. The molecule has 2 aromatic carbocycles. The number of carbonyl (C=O) groups is 1. The molecule has 1 saturated heterocycles. The number of nitrogens with zero attached hydrogens (tertiary/aromatic N) is 1. The van der Waals surface area contributed by atoms with E-state index in [9.17, 15) is 13.2 Å². The van der Waals surface area contributed by atoms with Gasteiger partial charge in [-0.1, -0.05) is 35.9 Å². The zero-order chi connectivity index (χ0) is 20.4. The minimum atomic E-state index is -3.70. The predicted octanol–water partition coefficient (Wildman–Crippen LogP) is 3.08. The molecule has 1 amide bonds. The van der Waals surface area contributed by atoms with E-state index in [1.54, 1.807) is 47.2 Å². The molecule has 3 aromatic rings. The van der Waals surface area contributed by atoms with E-state index in [4.69, 9.17) is 4.74 Å². The number of benzene rings is 2. The van der Waals surface area contributed by atoms with Gasteiger partial charge in [-0.2, -0.15) is 0 Å². The van der Waals surface area contributed by atoms with Crippen LogP contribution in [0.4, 0.5) is 0 Å². The van der Waals surface area contributed by atoms with Crippen LogP contribution in [0.15, 0.2) is 64.5 Å². The number of aryl methyl sites for hydroxylation is 1. The van der Waals surface area contributed by atoms with Crippen LogP contribution < -0.4 is 5.32 Å². The molecular weight excluding hydrogens is 388 g/mol. The number of hydrogen-bond donors (Lipinski definition) is 1. The fourth-order valence-corrected chi connectivity index (χ4v) is 5.12. The third kappa shape index (κ3) is 4.06. The van der Waals surface area contributed by atoms with E-state index in [0.717, 1.165) is 25.0 Å². The Morgan fingerprint density at radius 2 is 1.93 bits per heavy atom. The van der Waals surface area contributed by atoms with Crippen molar-refractivity contribution in [1.29, 1.82) is 0 Å². The molecule has 0 bridgehead atoms. The molecule has 152 valence electrons. The minimum absolute atomic E-state index is 0.0522. The Labute approximate surface area is 170 Å². The number of sulfone groups is 1. The van der Waals surface area contributed by atoms with Crippen molar-refractivity contribution in [2.24, 2.45) is 0 Å². The predicted molar refractivity (Wildman–Crippen MR) is 111 cm³/mol. The maximum atomic E-state index is 13.2. The smallest absolute Gasteiger partial charge is 0.240 e. The van der Waals surface area contributed by atoms with Crippen LogP contribution in [0.5, 0.6) is 0 Å². The first-order chi connectivity index (χ1) is 13.9. The fraction of sp³-hybridized carbons (Fsp3) is 0.318. The summed E-state index contributed by atoms with van der Waals surface area (Å²) in [5, 5.41) is 3.50. The van der Waals surface area contributed by atoms with Gasteiger partial charge in [0.1, 0.15) is 6.54 Å². The molecule has 0 radical (unpaired) electrons. The molecule has 7 heteroatoms. The van der Waals surface area contributed by atoms with Crippen molar-refractivity contribution in [2.45, 2.75) is 42.2 Å². The van der Waals surface area contributed by atoms with E-state index in [-0.39, 0.29) is 28.3 Å². The van der Waals surface area contributed by atoms with E-state index < -0.39 is 9.84 Å². The van der Waals surface area contributed by atoms with Crippen molar-refractivity contribution in [3.05, 3.63) is 60.3 Å². The lowest BCUT2D eigenvalue weighted by atomic mass is 10.2. The molecule has 0 spiro atoms. The summed E-state index contributed by atoms with van der Waals surface area (Å²) in [4.78, 5) is 12.9. The van der Waals surface area contributed by atoms with E-state index in [1.807, 2.05) is 19.1 Å². The van der Waals surface area contributed by atoms with Crippen molar-refractivity contribution in [1.82, 2.24) is 9.88 Å². The Morgan fingerprint density at radius 1 is 1.17 bits per heavy atom. The van der Waals surface area contributed by atoms with Gasteiger partial charge in [0.05, 0.1) is 15.9 Å². The third-order valence-electron chi connectivity index (χ3n) is 5.24. The van der Waals surface area contributed by atoms with Gasteiger partial charge in [0.2, 0.25) is 15.7 Å². The maximum Gasteiger partial charge on any atom is 0.240 e. The standard InChI is InChI=1S/C22H24N2O4S/c1-16-8-10-18(11-9-16)29(26,27)21-14-24(20-7-3-2-6-19(20)21)15-22(25)23-13-17-5-4-12-28-17/h2-3,6-11,14,17H,4-5,12-13,15H2,1H3,(H,23,25). The van der Waals surface area contributed by atoms with Gasteiger partial charge in [-0.15, -0.1) is 0 Å². The number of nitrogens with one attached hydrogen (secondary N) is 1. The monoisotopic (exact) mass is 412 g/mol. The number of fused-ring (bicyclic) bond motifs is 1. The van der Waals surface area contributed by atoms with Gasteiger partial charge in [0, 0.05) is 30.3 Å². The SMILES string of the molecule is Cc1ccc(S(=O)(=O)c2cn(CC(=O)NCC3CCCO3)c3ccccc23)cc1. The molecule has 1 fully saturated rings. The van der Waals surface area contributed by atoms with Crippen molar-refractivity contribution < 1.29 is 17.9 Å². The number of rotatable bonds is 6. The molecule has 1 atom stereocenters. The van der Waals surface area contributed by atoms with Crippen LogP contribution in [0.2, 0.25) is 0 Å². The summed E-state index contributed by atoms with van der Waals surface area (Å²) in [7, 11) is -3.70. The number of aromatic nitrogens is 1. The van der Waals surface area contributed by atoms with Crippen LogP contribution in [0.1, 0.15) is 18.4 Å². The zero-order valence-electron chi connectivity index (χ0n) is 16.3. The van der Waals surface area contributed by atoms with E-state index >= 15 is 0 Å². The second-order valence-electron chi connectivity index (χ2n) is 7.39. The Bertz CT molecular complexity index is 1130. The van der Waals surface area contributed by atoms with Crippen molar-refractivity contribution in [3.8, 4) is 0 Å². The third-order valence-corrected chi connectivity index (χ3v) is 7.03.